The predicted octanol–water partition coefficient (Wildman–Crippen LogP) is 4.41. The number of carbonyl (C=O) groups excluding carboxylic acids is 1. The Labute approximate surface area is 141 Å². The van der Waals surface area contributed by atoms with E-state index >= 15 is 0 Å². The summed E-state index contributed by atoms with van der Waals surface area (Å²) < 4.78 is 16.9. The number of para-hydroxylation sites is 1. The first-order chi connectivity index (χ1) is 11.6. The van der Waals surface area contributed by atoms with Crippen LogP contribution in [-0.4, -0.2) is 19.0 Å². The van der Waals surface area contributed by atoms with E-state index in [2.05, 4.69) is 0 Å². The van der Waals surface area contributed by atoms with E-state index in [4.69, 9.17) is 14.2 Å². The lowest BCUT2D eigenvalue weighted by atomic mass is 10.0. The fraction of sp³-hybridized carbons (Fsp3) is 0.250. The van der Waals surface area contributed by atoms with Crippen molar-refractivity contribution >= 4 is 11.9 Å². The van der Waals surface area contributed by atoms with Crippen molar-refractivity contribution in [3.63, 3.8) is 0 Å². The first kappa shape index (κ1) is 16.1. The van der Waals surface area contributed by atoms with Crippen LogP contribution in [0.3, 0.4) is 0 Å². The molecule has 1 aliphatic rings. The molecule has 0 saturated carbocycles. The molecule has 4 nitrogen and oxygen atoms in total. The summed E-state index contributed by atoms with van der Waals surface area (Å²) in [7, 11) is 0. The van der Waals surface area contributed by atoms with Crippen molar-refractivity contribution in [2.45, 2.75) is 20.8 Å². The third-order valence-corrected chi connectivity index (χ3v) is 3.76. The lowest BCUT2D eigenvalue weighted by molar-refractivity contribution is 0.101. The van der Waals surface area contributed by atoms with Crippen molar-refractivity contribution in [2.24, 2.45) is 0 Å². The first-order valence-corrected chi connectivity index (χ1v) is 8.07. The maximum atomic E-state index is 12.7. The maximum absolute atomic E-state index is 12.7. The van der Waals surface area contributed by atoms with E-state index in [9.17, 15) is 4.79 Å². The molecule has 0 bridgehead atoms. The third-order valence-electron chi connectivity index (χ3n) is 3.76. The molecule has 24 heavy (non-hydrogen) atoms. The van der Waals surface area contributed by atoms with Gasteiger partial charge in [0.1, 0.15) is 17.2 Å². The molecule has 0 radical (unpaired) electrons. The molecular formula is C20H20O4. The molecule has 0 atom stereocenters. The molecule has 2 aromatic rings. The topological polar surface area (TPSA) is 44.8 Å². The van der Waals surface area contributed by atoms with Crippen molar-refractivity contribution in [1.29, 1.82) is 0 Å². The van der Waals surface area contributed by atoms with Gasteiger partial charge in [0, 0.05) is 11.6 Å². The number of fused-ring (bicyclic) bond motifs is 1. The lowest BCUT2D eigenvalue weighted by Gasteiger charge is -2.07. The standard InChI is InChI=1S/C20H20O4/c1-4-22-15-10-13(3)19-17(12-15)24-18(20(19)21)11-14-8-6-7-9-16(14)23-5-2/h6-12H,4-5H2,1-3H3/b18-11-. The van der Waals surface area contributed by atoms with Crippen LogP contribution in [0.25, 0.3) is 6.08 Å². The SMILES string of the molecule is CCOc1cc(C)c2c(c1)O/C(=C\c1ccccc1OCC)C2=O. The third kappa shape index (κ3) is 3.00. The highest BCUT2D eigenvalue weighted by atomic mass is 16.5. The average molecular weight is 324 g/mol. The molecule has 3 rings (SSSR count). The zero-order chi connectivity index (χ0) is 17.1. The number of hydrogen-bond acceptors (Lipinski definition) is 4. The Bertz CT molecular complexity index is 805. The Morgan fingerprint density at radius 1 is 1.08 bits per heavy atom. The number of rotatable bonds is 5. The van der Waals surface area contributed by atoms with E-state index in [0.29, 0.717) is 36.0 Å². The molecule has 0 fully saturated rings. The number of hydrogen-bond donors (Lipinski definition) is 0. The van der Waals surface area contributed by atoms with Gasteiger partial charge in [-0.2, -0.15) is 0 Å². The van der Waals surface area contributed by atoms with E-state index in [-0.39, 0.29) is 5.78 Å². The number of ether oxygens (including phenoxy) is 3. The molecule has 0 aliphatic carbocycles. The van der Waals surface area contributed by atoms with Gasteiger partial charge in [-0.1, -0.05) is 18.2 Å². The van der Waals surface area contributed by atoms with Gasteiger partial charge in [-0.25, -0.2) is 0 Å². The van der Waals surface area contributed by atoms with Crippen LogP contribution in [0.1, 0.15) is 35.3 Å². The number of benzene rings is 2. The van der Waals surface area contributed by atoms with Gasteiger partial charge in [-0.15, -0.1) is 0 Å². The van der Waals surface area contributed by atoms with Gasteiger partial charge in [-0.05, 0) is 44.5 Å². The largest absolute Gasteiger partial charge is 0.494 e. The van der Waals surface area contributed by atoms with Gasteiger partial charge < -0.3 is 14.2 Å². The van der Waals surface area contributed by atoms with E-state index in [1.54, 1.807) is 12.1 Å². The van der Waals surface area contributed by atoms with E-state index in [0.717, 1.165) is 16.9 Å². The van der Waals surface area contributed by atoms with Gasteiger partial charge >= 0.3 is 0 Å². The minimum atomic E-state index is -0.114. The minimum absolute atomic E-state index is 0.114. The van der Waals surface area contributed by atoms with Gasteiger partial charge in [0.15, 0.2) is 5.76 Å². The fourth-order valence-electron chi connectivity index (χ4n) is 2.76. The molecule has 1 heterocycles. The molecule has 0 saturated heterocycles. The smallest absolute Gasteiger partial charge is 0.232 e. The number of aryl methyl sites for hydroxylation is 1. The van der Waals surface area contributed by atoms with Gasteiger partial charge in [0.05, 0.1) is 18.8 Å². The predicted molar refractivity (Wildman–Crippen MR) is 92.9 cm³/mol. The average Bonchev–Trinajstić information content (AvgIpc) is 2.86. The number of allylic oxidation sites excluding steroid dienone is 1. The normalized spacial score (nSPS) is 14.5. The van der Waals surface area contributed by atoms with Crippen LogP contribution in [0.4, 0.5) is 0 Å². The van der Waals surface area contributed by atoms with Gasteiger partial charge in [-0.3, -0.25) is 4.79 Å². The molecule has 4 heteroatoms. The van der Waals surface area contributed by atoms with Crippen molar-refractivity contribution < 1.29 is 19.0 Å². The molecule has 124 valence electrons. The first-order valence-electron chi connectivity index (χ1n) is 8.07. The molecular weight excluding hydrogens is 304 g/mol. The molecule has 0 amide bonds. The van der Waals surface area contributed by atoms with Gasteiger partial charge in [0.25, 0.3) is 0 Å². The van der Waals surface area contributed by atoms with Crippen molar-refractivity contribution in [3.05, 3.63) is 58.8 Å². The zero-order valence-electron chi connectivity index (χ0n) is 14.1. The summed E-state index contributed by atoms with van der Waals surface area (Å²) in [5, 5.41) is 0. The second-order valence-corrected chi connectivity index (χ2v) is 5.46. The van der Waals surface area contributed by atoms with E-state index < -0.39 is 0 Å². The highest BCUT2D eigenvalue weighted by Gasteiger charge is 2.30. The second kappa shape index (κ2) is 6.79. The summed E-state index contributed by atoms with van der Waals surface area (Å²) in [6, 6.07) is 11.2. The summed E-state index contributed by atoms with van der Waals surface area (Å²) in [6.07, 6.45) is 1.73. The van der Waals surface area contributed by atoms with E-state index in [1.165, 1.54) is 0 Å². The van der Waals surface area contributed by atoms with Crippen LogP contribution in [0.5, 0.6) is 17.2 Å². The molecule has 0 aromatic heterocycles. The maximum Gasteiger partial charge on any atom is 0.232 e. The Morgan fingerprint density at radius 2 is 1.83 bits per heavy atom. The summed E-state index contributed by atoms with van der Waals surface area (Å²) in [4.78, 5) is 12.7. The molecule has 1 aliphatic heterocycles. The summed E-state index contributed by atoms with van der Waals surface area (Å²) >= 11 is 0. The van der Waals surface area contributed by atoms with Crippen molar-refractivity contribution in [2.75, 3.05) is 13.2 Å². The second-order valence-electron chi connectivity index (χ2n) is 5.46. The highest BCUT2D eigenvalue weighted by Crippen LogP contribution is 2.38. The highest BCUT2D eigenvalue weighted by molar-refractivity contribution is 6.15. The van der Waals surface area contributed by atoms with Crippen LogP contribution in [0.2, 0.25) is 0 Å². The van der Waals surface area contributed by atoms with Crippen LogP contribution in [0.15, 0.2) is 42.2 Å². The Balaban J connectivity index is 1.98. The Kier molecular flexibility index (Phi) is 4.56. The van der Waals surface area contributed by atoms with Crippen LogP contribution in [-0.2, 0) is 0 Å². The van der Waals surface area contributed by atoms with Crippen LogP contribution >= 0.6 is 0 Å². The van der Waals surface area contributed by atoms with Gasteiger partial charge in [0.2, 0.25) is 5.78 Å². The van der Waals surface area contributed by atoms with Crippen molar-refractivity contribution in [1.82, 2.24) is 0 Å². The summed E-state index contributed by atoms with van der Waals surface area (Å²) in [6.45, 7) is 6.86. The lowest BCUT2D eigenvalue weighted by Crippen LogP contribution is -2.01. The van der Waals surface area contributed by atoms with Crippen molar-refractivity contribution in [3.8, 4) is 17.2 Å². The van der Waals surface area contributed by atoms with E-state index in [1.807, 2.05) is 51.1 Å². The summed E-state index contributed by atoms with van der Waals surface area (Å²) in [5.74, 6) is 2.17. The van der Waals surface area contributed by atoms with Crippen LogP contribution < -0.4 is 14.2 Å². The molecule has 2 aromatic carbocycles. The monoisotopic (exact) mass is 324 g/mol. The number of carbonyl (C=O) groups is 1. The summed E-state index contributed by atoms with van der Waals surface area (Å²) in [5.41, 5.74) is 2.26. The zero-order valence-corrected chi connectivity index (χ0v) is 14.1. The quantitative estimate of drug-likeness (QED) is 0.764. The minimum Gasteiger partial charge on any atom is -0.494 e. The molecule has 0 unspecified atom stereocenters. The number of Topliss-reactive ketones (excluding diaryl/α,β-unsaturated/α-hetero) is 1. The Hall–Kier alpha value is -2.75. The number of ketones is 1. The molecule has 0 N–H and O–H groups in total. The fourth-order valence-corrected chi connectivity index (χ4v) is 2.76. The Morgan fingerprint density at radius 3 is 2.58 bits per heavy atom. The van der Waals surface area contributed by atoms with Crippen LogP contribution in [0, 0.1) is 6.92 Å². The molecule has 0 spiro atoms.